The van der Waals surface area contributed by atoms with Crippen LogP contribution in [0.25, 0.3) is 0 Å². The third-order valence-electron chi connectivity index (χ3n) is 8.26. The van der Waals surface area contributed by atoms with Gasteiger partial charge >= 0.3 is 5.97 Å². The maximum absolute atomic E-state index is 14.5. The van der Waals surface area contributed by atoms with Crippen molar-refractivity contribution in [2.75, 3.05) is 14.2 Å². The molecule has 0 bridgehead atoms. The van der Waals surface area contributed by atoms with Crippen molar-refractivity contribution >= 4 is 29.3 Å². The molecule has 1 saturated carbocycles. The van der Waals surface area contributed by atoms with E-state index in [1.807, 2.05) is 6.07 Å². The highest BCUT2D eigenvalue weighted by atomic mass is 35.5. The van der Waals surface area contributed by atoms with Crippen molar-refractivity contribution in [1.82, 2.24) is 4.90 Å². The van der Waals surface area contributed by atoms with Crippen LogP contribution in [0.15, 0.2) is 66.7 Å². The minimum absolute atomic E-state index is 0.296. The molecule has 2 fully saturated rings. The van der Waals surface area contributed by atoms with Crippen molar-refractivity contribution in [3.05, 3.63) is 94.0 Å². The number of rotatable bonds is 8. The molecule has 1 saturated heterocycles. The zero-order valence-electron chi connectivity index (χ0n) is 22.8. The number of hydrogen-bond acceptors (Lipinski definition) is 6. The van der Waals surface area contributed by atoms with Crippen LogP contribution in [0.3, 0.4) is 0 Å². The van der Waals surface area contributed by atoms with Gasteiger partial charge in [0.05, 0.1) is 37.8 Å². The van der Waals surface area contributed by atoms with Crippen LogP contribution in [0.1, 0.15) is 58.8 Å². The lowest BCUT2D eigenvalue weighted by Crippen LogP contribution is -2.54. The van der Waals surface area contributed by atoms with Crippen molar-refractivity contribution in [2.24, 2.45) is 11.8 Å². The maximum Gasteiger partial charge on any atom is 0.330 e. The van der Waals surface area contributed by atoms with Gasteiger partial charge in [0.15, 0.2) is 17.3 Å². The summed E-state index contributed by atoms with van der Waals surface area (Å²) >= 11 is 6.20. The number of methoxy groups -OCH3 is 2. The van der Waals surface area contributed by atoms with E-state index in [2.05, 4.69) is 0 Å². The van der Waals surface area contributed by atoms with Gasteiger partial charge in [0.2, 0.25) is 5.91 Å². The SMILES string of the molecule is COc1ccc(C2C(C(=O)c3ccc(C#N)cc3)C(c3ccc(Cl)cc3)N(C(=O)C3CC3)C2(C)C(=O)O)cc1OC. The molecule has 3 aromatic carbocycles. The van der Waals surface area contributed by atoms with E-state index in [9.17, 15) is 24.8 Å². The molecule has 3 aromatic rings. The second-order valence-electron chi connectivity index (χ2n) is 10.6. The molecule has 0 radical (unpaired) electrons. The monoisotopic (exact) mass is 572 g/mol. The minimum atomic E-state index is -1.80. The second-order valence-corrected chi connectivity index (χ2v) is 11.0. The fraction of sp³-hybridized carbons (Fsp3) is 0.312. The first kappa shape index (κ1) is 28.2. The van der Waals surface area contributed by atoms with E-state index in [1.165, 1.54) is 26.0 Å². The van der Waals surface area contributed by atoms with Gasteiger partial charge in [0, 0.05) is 22.4 Å². The number of Topliss-reactive ketones (excluding diaryl/α,β-unsaturated/α-hetero) is 1. The first-order valence-corrected chi connectivity index (χ1v) is 13.6. The number of carboxylic acids is 1. The topological polar surface area (TPSA) is 117 Å². The predicted octanol–water partition coefficient (Wildman–Crippen LogP) is 5.65. The van der Waals surface area contributed by atoms with E-state index in [4.69, 9.17) is 21.1 Å². The number of ether oxygens (including phenoxy) is 2. The molecule has 1 amide bonds. The number of aliphatic carboxylic acids is 1. The smallest absolute Gasteiger partial charge is 0.330 e. The number of carboxylic acid groups (broad SMARTS) is 1. The van der Waals surface area contributed by atoms with E-state index in [0.29, 0.717) is 51.6 Å². The van der Waals surface area contributed by atoms with Crippen molar-refractivity contribution < 1.29 is 29.0 Å². The molecule has 2 aliphatic rings. The molecule has 8 nitrogen and oxygen atoms in total. The first-order valence-electron chi connectivity index (χ1n) is 13.2. The normalized spacial score (nSPS) is 23.5. The highest BCUT2D eigenvalue weighted by molar-refractivity contribution is 6.30. The van der Waals surface area contributed by atoms with Gasteiger partial charge < -0.3 is 19.5 Å². The van der Waals surface area contributed by atoms with E-state index < -0.39 is 29.4 Å². The number of carbonyl (C=O) groups excluding carboxylic acids is 2. The van der Waals surface area contributed by atoms with E-state index >= 15 is 0 Å². The number of nitriles is 1. The van der Waals surface area contributed by atoms with Gasteiger partial charge in [-0.1, -0.05) is 41.9 Å². The van der Waals surface area contributed by atoms with Crippen molar-refractivity contribution in [2.45, 2.75) is 37.3 Å². The molecule has 1 aliphatic carbocycles. The number of ketones is 1. The van der Waals surface area contributed by atoms with Crippen LogP contribution < -0.4 is 9.47 Å². The number of halogens is 1. The Labute approximate surface area is 243 Å². The standard InChI is InChI=1S/C32H29ClN2O6/c1-32(31(38)39)27(22-12-15-24(40-2)25(16-22)41-3)26(29(36)20-6-4-18(17-34)5-7-20)28(19-10-13-23(33)14-11-19)35(32)30(37)21-8-9-21/h4-7,10-16,21,26-28H,8-9H2,1-3H3,(H,38,39). The summed E-state index contributed by atoms with van der Waals surface area (Å²) in [5, 5.41) is 20.6. The summed E-state index contributed by atoms with van der Waals surface area (Å²) < 4.78 is 10.9. The van der Waals surface area contributed by atoms with Gasteiger partial charge in [-0.3, -0.25) is 9.59 Å². The molecule has 0 aromatic heterocycles. The number of carbonyl (C=O) groups is 3. The average Bonchev–Trinajstić information content (AvgIpc) is 3.80. The van der Waals surface area contributed by atoms with Gasteiger partial charge in [-0.25, -0.2) is 4.79 Å². The summed E-state index contributed by atoms with van der Waals surface area (Å²) in [6.07, 6.45) is 1.32. The lowest BCUT2D eigenvalue weighted by Gasteiger charge is -2.38. The third-order valence-corrected chi connectivity index (χ3v) is 8.51. The summed E-state index contributed by atoms with van der Waals surface area (Å²) in [6, 6.07) is 19.2. The Bertz CT molecular complexity index is 1540. The van der Waals surface area contributed by atoms with Crippen LogP contribution >= 0.6 is 11.6 Å². The van der Waals surface area contributed by atoms with Gasteiger partial charge in [-0.2, -0.15) is 5.26 Å². The molecular formula is C32H29ClN2O6. The molecule has 0 spiro atoms. The Morgan fingerprint density at radius 1 is 0.951 bits per heavy atom. The number of benzene rings is 3. The Balaban J connectivity index is 1.80. The largest absolute Gasteiger partial charge is 0.493 e. The fourth-order valence-corrected chi connectivity index (χ4v) is 6.18. The summed E-state index contributed by atoms with van der Waals surface area (Å²) in [4.78, 5) is 43.3. The van der Waals surface area contributed by atoms with Gasteiger partial charge in [0.1, 0.15) is 5.54 Å². The Morgan fingerprint density at radius 2 is 1.56 bits per heavy atom. The molecule has 210 valence electrons. The molecular weight excluding hydrogens is 544 g/mol. The summed E-state index contributed by atoms with van der Waals surface area (Å²) in [5.41, 5.74) is 0.0261. The Kier molecular flexibility index (Phi) is 7.50. The van der Waals surface area contributed by atoms with Gasteiger partial charge in [-0.15, -0.1) is 0 Å². The van der Waals surface area contributed by atoms with E-state index in [0.717, 1.165) is 0 Å². The number of hydrogen-bond donors (Lipinski definition) is 1. The van der Waals surface area contributed by atoms with Crippen LogP contribution in [0.2, 0.25) is 5.02 Å². The number of likely N-dealkylation sites (tertiary alicyclic amines) is 1. The first-order chi connectivity index (χ1) is 19.6. The number of amides is 1. The molecule has 9 heteroatoms. The van der Waals surface area contributed by atoms with Crippen LogP contribution in [0.4, 0.5) is 0 Å². The fourth-order valence-electron chi connectivity index (χ4n) is 6.05. The summed E-state index contributed by atoms with van der Waals surface area (Å²) in [6.45, 7) is 1.52. The maximum atomic E-state index is 14.5. The molecule has 5 rings (SSSR count). The van der Waals surface area contributed by atoms with Crippen LogP contribution in [0.5, 0.6) is 11.5 Å². The predicted molar refractivity (Wildman–Crippen MR) is 151 cm³/mol. The lowest BCUT2D eigenvalue weighted by atomic mass is 9.71. The average molecular weight is 573 g/mol. The molecule has 4 unspecified atom stereocenters. The molecule has 41 heavy (non-hydrogen) atoms. The van der Waals surface area contributed by atoms with E-state index in [1.54, 1.807) is 66.7 Å². The van der Waals surface area contributed by atoms with E-state index in [-0.39, 0.29) is 17.6 Å². The lowest BCUT2D eigenvalue weighted by molar-refractivity contribution is -0.158. The molecule has 4 atom stereocenters. The molecule has 1 aliphatic heterocycles. The Morgan fingerprint density at radius 3 is 2.10 bits per heavy atom. The second kappa shape index (κ2) is 10.9. The van der Waals surface area contributed by atoms with Crippen molar-refractivity contribution in [1.29, 1.82) is 5.26 Å². The summed E-state index contributed by atoms with van der Waals surface area (Å²) in [5.74, 6) is -3.31. The highest BCUT2D eigenvalue weighted by Crippen LogP contribution is 2.58. The van der Waals surface area contributed by atoms with Crippen LogP contribution in [0, 0.1) is 23.2 Å². The van der Waals surface area contributed by atoms with Crippen LogP contribution in [-0.4, -0.2) is 47.4 Å². The molecule has 1 heterocycles. The zero-order valence-corrected chi connectivity index (χ0v) is 23.6. The van der Waals surface area contributed by atoms with Gasteiger partial charge in [-0.05, 0) is 67.3 Å². The zero-order chi connectivity index (χ0) is 29.5. The quantitative estimate of drug-likeness (QED) is 0.347. The number of nitrogens with zero attached hydrogens (tertiary/aromatic N) is 2. The Hall–Kier alpha value is -4.35. The molecule has 1 N–H and O–H groups in total. The highest BCUT2D eigenvalue weighted by Gasteiger charge is 2.65. The van der Waals surface area contributed by atoms with Crippen molar-refractivity contribution in [3.63, 3.8) is 0 Å². The van der Waals surface area contributed by atoms with Gasteiger partial charge in [0.25, 0.3) is 0 Å². The van der Waals surface area contributed by atoms with Crippen LogP contribution in [-0.2, 0) is 9.59 Å². The third kappa shape index (κ3) is 4.81. The minimum Gasteiger partial charge on any atom is -0.493 e. The summed E-state index contributed by atoms with van der Waals surface area (Å²) in [7, 11) is 2.98. The van der Waals surface area contributed by atoms with Crippen molar-refractivity contribution in [3.8, 4) is 17.6 Å².